The van der Waals surface area contributed by atoms with Crippen LogP contribution in [0.1, 0.15) is 26.8 Å². The molecular weight excluding hydrogens is 448 g/mol. The molecule has 1 aliphatic rings. The van der Waals surface area contributed by atoms with Crippen LogP contribution >= 0.6 is 38.9 Å². The Morgan fingerprint density at radius 3 is 2.67 bits per heavy atom. The average Bonchev–Trinajstić information content (AvgIpc) is 3.13. The normalized spacial score (nSPS) is 16.4. The molecule has 3 aromatic rings. The minimum Gasteiger partial charge on any atom is -0.324 e. The summed E-state index contributed by atoms with van der Waals surface area (Å²) in [7, 11) is 0. The summed E-state index contributed by atoms with van der Waals surface area (Å²) >= 11 is 11.0. The van der Waals surface area contributed by atoms with Crippen molar-refractivity contribution in [3.8, 4) is 0 Å². The van der Waals surface area contributed by atoms with Crippen LogP contribution in [0.2, 0.25) is 5.02 Å². The lowest BCUT2D eigenvalue weighted by Gasteiger charge is -2.29. The van der Waals surface area contributed by atoms with E-state index >= 15 is 0 Å². The molecule has 0 aliphatic carbocycles. The summed E-state index contributed by atoms with van der Waals surface area (Å²) in [5.41, 5.74) is 2.08. The van der Waals surface area contributed by atoms with E-state index in [0.29, 0.717) is 16.3 Å². The third kappa shape index (κ3) is 3.65. The zero-order valence-electron chi connectivity index (χ0n) is 14.0. The van der Waals surface area contributed by atoms with E-state index in [1.807, 2.05) is 35.7 Å². The molecular formula is C20H14BrClN2O2S. The molecule has 0 radical (unpaired) electrons. The van der Waals surface area contributed by atoms with Crippen LogP contribution in [0.3, 0.4) is 0 Å². The maximum Gasteiger partial charge on any atom is 0.255 e. The van der Waals surface area contributed by atoms with Gasteiger partial charge in [-0.2, -0.15) is 0 Å². The first kappa shape index (κ1) is 18.2. The number of hydrogen-bond donors (Lipinski definition) is 1. The van der Waals surface area contributed by atoms with Crippen molar-refractivity contribution in [2.24, 2.45) is 0 Å². The highest BCUT2D eigenvalue weighted by molar-refractivity contribution is 9.10. The molecule has 4 rings (SSSR count). The summed E-state index contributed by atoms with van der Waals surface area (Å²) < 4.78 is 0.887. The molecule has 2 amide bonds. The summed E-state index contributed by atoms with van der Waals surface area (Å²) in [6.07, 6.45) is 0. The minimum atomic E-state index is -0.361. The lowest BCUT2D eigenvalue weighted by Crippen LogP contribution is -2.38. The Hall–Kier alpha value is -2.15. The van der Waals surface area contributed by atoms with Crippen molar-refractivity contribution < 1.29 is 9.59 Å². The molecule has 1 unspecified atom stereocenters. The van der Waals surface area contributed by atoms with Crippen LogP contribution in [0.15, 0.2) is 64.5 Å². The zero-order valence-corrected chi connectivity index (χ0v) is 17.1. The molecule has 0 saturated heterocycles. The van der Waals surface area contributed by atoms with Crippen molar-refractivity contribution in [3.63, 3.8) is 0 Å². The van der Waals surface area contributed by atoms with Gasteiger partial charge in [0, 0.05) is 31.2 Å². The number of halogens is 2. The number of amides is 2. The monoisotopic (exact) mass is 460 g/mol. The standard InChI is InChI=1S/C20H14BrClN2O2S/c21-13-5-8-16-15(10-13)19(17-2-1-9-27-17)24(11-18(25)23-16)20(26)12-3-6-14(22)7-4-12/h1-10,19H,11H2,(H,23,25). The molecule has 0 fully saturated rings. The minimum absolute atomic E-state index is 0.0314. The smallest absolute Gasteiger partial charge is 0.255 e. The summed E-state index contributed by atoms with van der Waals surface area (Å²) in [5.74, 6) is -0.437. The van der Waals surface area contributed by atoms with Gasteiger partial charge in [0.1, 0.15) is 6.54 Å². The SMILES string of the molecule is O=C1CN(C(=O)c2ccc(Cl)cc2)C(c2cccs2)c2cc(Br)ccc2N1. The summed E-state index contributed by atoms with van der Waals surface area (Å²) in [4.78, 5) is 28.4. The lowest BCUT2D eigenvalue weighted by atomic mass is 10.0. The van der Waals surface area contributed by atoms with Gasteiger partial charge in [-0.15, -0.1) is 11.3 Å². The number of fused-ring (bicyclic) bond motifs is 1. The van der Waals surface area contributed by atoms with Gasteiger partial charge in [0.2, 0.25) is 5.91 Å². The van der Waals surface area contributed by atoms with E-state index in [1.54, 1.807) is 40.5 Å². The molecule has 1 aromatic heterocycles. The van der Waals surface area contributed by atoms with Crippen LogP contribution in [0.4, 0.5) is 5.69 Å². The molecule has 1 aliphatic heterocycles. The van der Waals surface area contributed by atoms with E-state index in [-0.39, 0.29) is 24.4 Å². The van der Waals surface area contributed by atoms with Gasteiger partial charge in [-0.05, 0) is 53.9 Å². The van der Waals surface area contributed by atoms with E-state index in [2.05, 4.69) is 21.2 Å². The summed E-state index contributed by atoms with van der Waals surface area (Å²) in [6.45, 7) is -0.0314. The van der Waals surface area contributed by atoms with Gasteiger partial charge in [-0.25, -0.2) is 0 Å². The molecule has 7 heteroatoms. The highest BCUT2D eigenvalue weighted by Crippen LogP contribution is 2.39. The van der Waals surface area contributed by atoms with E-state index in [0.717, 1.165) is 14.9 Å². The highest BCUT2D eigenvalue weighted by Gasteiger charge is 2.34. The predicted octanol–water partition coefficient (Wildman–Crippen LogP) is 5.35. The molecule has 136 valence electrons. The number of carbonyl (C=O) groups excluding carboxylic acids is 2. The lowest BCUT2D eigenvalue weighted by molar-refractivity contribution is -0.117. The third-order valence-electron chi connectivity index (χ3n) is 4.37. The van der Waals surface area contributed by atoms with Crippen LogP contribution < -0.4 is 5.32 Å². The Balaban J connectivity index is 1.86. The number of anilines is 1. The first-order valence-electron chi connectivity index (χ1n) is 8.22. The maximum absolute atomic E-state index is 13.3. The van der Waals surface area contributed by atoms with Crippen molar-refractivity contribution >= 4 is 56.4 Å². The molecule has 2 aromatic carbocycles. The predicted molar refractivity (Wildman–Crippen MR) is 111 cm³/mol. The van der Waals surface area contributed by atoms with Crippen molar-refractivity contribution in [3.05, 3.63) is 85.5 Å². The van der Waals surface area contributed by atoms with E-state index in [9.17, 15) is 9.59 Å². The number of nitrogens with one attached hydrogen (secondary N) is 1. The van der Waals surface area contributed by atoms with Gasteiger partial charge in [0.05, 0.1) is 6.04 Å². The molecule has 0 saturated carbocycles. The third-order valence-corrected chi connectivity index (χ3v) is 6.04. The molecule has 1 atom stereocenters. The van der Waals surface area contributed by atoms with E-state index in [4.69, 9.17) is 11.6 Å². The van der Waals surface area contributed by atoms with Crippen LogP contribution in [-0.2, 0) is 4.79 Å². The fourth-order valence-corrected chi connectivity index (χ4v) is 4.54. The fourth-order valence-electron chi connectivity index (χ4n) is 3.18. The highest BCUT2D eigenvalue weighted by atomic mass is 79.9. The first-order valence-corrected chi connectivity index (χ1v) is 10.3. The molecule has 1 N–H and O–H groups in total. The van der Waals surface area contributed by atoms with Gasteiger partial charge in [-0.3, -0.25) is 9.59 Å². The van der Waals surface area contributed by atoms with Crippen molar-refractivity contribution in [2.45, 2.75) is 6.04 Å². The molecule has 2 heterocycles. The Morgan fingerprint density at radius 2 is 1.96 bits per heavy atom. The van der Waals surface area contributed by atoms with Crippen LogP contribution in [-0.4, -0.2) is 23.3 Å². The second-order valence-electron chi connectivity index (χ2n) is 6.14. The second kappa shape index (κ2) is 7.46. The number of rotatable bonds is 2. The molecule has 0 spiro atoms. The van der Waals surface area contributed by atoms with Crippen LogP contribution in [0.5, 0.6) is 0 Å². The Labute approximate surface area is 173 Å². The quantitative estimate of drug-likeness (QED) is 0.559. The maximum atomic E-state index is 13.3. The number of benzene rings is 2. The van der Waals surface area contributed by atoms with E-state index < -0.39 is 0 Å². The fraction of sp³-hybridized carbons (Fsp3) is 0.100. The Morgan fingerprint density at radius 1 is 1.19 bits per heavy atom. The Bertz CT molecular complexity index is 1010. The van der Waals surface area contributed by atoms with Crippen molar-refractivity contribution in [1.82, 2.24) is 4.90 Å². The average molecular weight is 462 g/mol. The topological polar surface area (TPSA) is 49.4 Å². The largest absolute Gasteiger partial charge is 0.324 e. The van der Waals surface area contributed by atoms with Crippen LogP contribution in [0, 0.1) is 0 Å². The number of carbonyl (C=O) groups is 2. The van der Waals surface area contributed by atoms with Crippen molar-refractivity contribution in [1.29, 1.82) is 0 Å². The van der Waals surface area contributed by atoms with E-state index in [1.165, 1.54) is 0 Å². The summed E-state index contributed by atoms with van der Waals surface area (Å²) in [6, 6.07) is 16.0. The van der Waals surface area contributed by atoms with Gasteiger partial charge in [-0.1, -0.05) is 33.6 Å². The first-order chi connectivity index (χ1) is 13.0. The number of thiophene rings is 1. The van der Waals surface area contributed by atoms with Gasteiger partial charge in [0.15, 0.2) is 0 Å². The zero-order chi connectivity index (χ0) is 19.0. The molecule has 27 heavy (non-hydrogen) atoms. The van der Waals surface area contributed by atoms with Gasteiger partial charge in [0.25, 0.3) is 5.91 Å². The number of hydrogen-bond acceptors (Lipinski definition) is 3. The Kier molecular flexibility index (Phi) is 5.04. The number of nitrogens with zero attached hydrogens (tertiary/aromatic N) is 1. The van der Waals surface area contributed by atoms with Crippen molar-refractivity contribution in [2.75, 3.05) is 11.9 Å². The van der Waals surface area contributed by atoms with Gasteiger partial charge < -0.3 is 10.2 Å². The summed E-state index contributed by atoms with van der Waals surface area (Å²) in [5, 5.41) is 5.45. The molecule has 0 bridgehead atoms. The van der Waals surface area contributed by atoms with Gasteiger partial charge >= 0.3 is 0 Å². The molecule has 4 nitrogen and oxygen atoms in total. The van der Waals surface area contributed by atoms with Crippen LogP contribution in [0.25, 0.3) is 0 Å². The second-order valence-corrected chi connectivity index (χ2v) is 8.47.